The molecule has 29 heavy (non-hydrogen) atoms. The van der Waals surface area contributed by atoms with Crippen LogP contribution in [0.2, 0.25) is 0 Å². The number of aliphatic hydroxyl groups excluding tert-OH is 1. The number of thiazole rings is 1. The molecule has 0 radical (unpaired) electrons. The number of nitrogens with zero attached hydrogens (tertiary/aromatic N) is 4. The van der Waals surface area contributed by atoms with Crippen molar-refractivity contribution in [2.45, 2.75) is 32.4 Å². The van der Waals surface area contributed by atoms with Crippen molar-refractivity contribution in [1.82, 2.24) is 19.7 Å². The molecule has 0 spiro atoms. The van der Waals surface area contributed by atoms with Gasteiger partial charge < -0.3 is 9.84 Å². The number of hydrogen-bond acceptors (Lipinski definition) is 7. The third kappa shape index (κ3) is 4.39. The highest BCUT2D eigenvalue weighted by Gasteiger charge is 2.25. The fourth-order valence-corrected chi connectivity index (χ4v) is 4.37. The van der Waals surface area contributed by atoms with Crippen LogP contribution in [0, 0.1) is 0 Å². The lowest BCUT2D eigenvalue weighted by atomic mass is 10.1. The van der Waals surface area contributed by atoms with Gasteiger partial charge in [0.2, 0.25) is 5.13 Å². The summed E-state index contributed by atoms with van der Waals surface area (Å²) in [5.74, 6) is -0.383. The molecule has 1 atom stereocenters. The maximum absolute atomic E-state index is 12.5. The molecule has 8 heteroatoms. The zero-order chi connectivity index (χ0) is 20.2. The van der Waals surface area contributed by atoms with E-state index in [1.807, 2.05) is 35.7 Å². The fraction of sp³-hybridized carbons (Fsp3) is 0.381. The molecule has 1 fully saturated rings. The summed E-state index contributed by atoms with van der Waals surface area (Å²) in [5, 5.41) is 17.2. The third-order valence-electron chi connectivity index (χ3n) is 4.96. The van der Waals surface area contributed by atoms with Gasteiger partial charge in [0.25, 0.3) is 0 Å². The highest BCUT2D eigenvalue weighted by molar-refractivity contribution is 7.12. The maximum atomic E-state index is 12.5. The number of aromatic nitrogens is 3. The van der Waals surface area contributed by atoms with Gasteiger partial charge in [0.1, 0.15) is 5.56 Å². The predicted molar refractivity (Wildman–Crippen MR) is 111 cm³/mol. The summed E-state index contributed by atoms with van der Waals surface area (Å²) in [6, 6.07) is 9.97. The molecule has 1 aliphatic heterocycles. The molecule has 2 aromatic heterocycles. The Balaban J connectivity index is 1.67. The van der Waals surface area contributed by atoms with E-state index < -0.39 is 0 Å². The van der Waals surface area contributed by atoms with Gasteiger partial charge in [-0.1, -0.05) is 30.3 Å². The summed E-state index contributed by atoms with van der Waals surface area (Å²) in [4.78, 5) is 19.4. The van der Waals surface area contributed by atoms with Gasteiger partial charge in [-0.2, -0.15) is 5.10 Å². The molecule has 1 saturated heterocycles. The minimum atomic E-state index is -0.383. The van der Waals surface area contributed by atoms with Crippen molar-refractivity contribution in [3.63, 3.8) is 0 Å². The second kappa shape index (κ2) is 8.86. The van der Waals surface area contributed by atoms with Crippen LogP contribution in [0.4, 0.5) is 0 Å². The van der Waals surface area contributed by atoms with Gasteiger partial charge in [-0.25, -0.2) is 14.5 Å². The normalized spacial score (nSPS) is 17.4. The summed E-state index contributed by atoms with van der Waals surface area (Å²) in [7, 11) is 0. The Hall–Kier alpha value is -2.55. The number of rotatable bonds is 6. The van der Waals surface area contributed by atoms with Crippen molar-refractivity contribution >= 4 is 17.3 Å². The van der Waals surface area contributed by atoms with Gasteiger partial charge in [-0.3, -0.25) is 4.90 Å². The number of β-amino-alcohol motifs (C(OH)–C–C–N with tert-alkyl or cyclic N) is 1. The van der Waals surface area contributed by atoms with E-state index in [1.54, 1.807) is 17.8 Å². The topological polar surface area (TPSA) is 80.5 Å². The van der Waals surface area contributed by atoms with E-state index in [4.69, 9.17) is 9.72 Å². The maximum Gasteiger partial charge on any atom is 0.341 e. The number of piperidine rings is 1. The van der Waals surface area contributed by atoms with E-state index in [-0.39, 0.29) is 12.1 Å². The molecule has 152 valence electrons. The number of likely N-dealkylation sites (tertiary alicyclic amines) is 1. The van der Waals surface area contributed by atoms with Crippen molar-refractivity contribution in [3.8, 4) is 16.4 Å². The number of carbonyl (C=O) groups is 1. The Morgan fingerprint density at radius 2 is 2.17 bits per heavy atom. The van der Waals surface area contributed by atoms with E-state index >= 15 is 0 Å². The molecule has 4 rings (SSSR count). The largest absolute Gasteiger partial charge is 0.462 e. The second-order valence-corrected chi connectivity index (χ2v) is 7.89. The predicted octanol–water partition coefficient (Wildman–Crippen LogP) is 3.13. The Kier molecular flexibility index (Phi) is 6.03. The molecule has 1 aliphatic rings. The van der Waals surface area contributed by atoms with Gasteiger partial charge in [-0.15, -0.1) is 11.3 Å². The van der Waals surface area contributed by atoms with Crippen molar-refractivity contribution < 1.29 is 14.6 Å². The number of aliphatic hydroxyl groups is 1. The minimum Gasteiger partial charge on any atom is -0.462 e. The molecule has 7 nitrogen and oxygen atoms in total. The number of carbonyl (C=O) groups excluding carboxylic acids is 1. The summed E-state index contributed by atoms with van der Waals surface area (Å²) in [6.07, 6.45) is 2.96. The van der Waals surface area contributed by atoms with E-state index in [0.717, 1.165) is 36.3 Å². The van der Waals surface area contributed by atoms with Gasteiger partial charge >= 0.3 is 5.97 Å². The average molecular weight is 413 g/mol. The molecule has 1 aromatic carbocycles. The zero-order valence-electron chi connectivity index (χ0n) is 16.3. The van der Waals surface area contributed by atoms with Crippen LogP contribution >= 0.6 is 11.3 Å². The van der Waals surface area contributed by atoms with Gasteiger partial charge in [0.15, 0.2) is 0 Å². The van der Waals surface area contributed by atoms with Crippen molar-refractivity contribution in [2.75, 3.05) is 19.7 Å². The summed E-state index contributed by atoms with van der Waals surface area (Å²) in [5.41, 5.74) is 3.10. The van der Waals surface area contributed by atoms with Crippen LogP contribution in [-0.2, 0) is 11.3 Å². The third-order valence-corrected chi connectivity index (χ3v) is 5.78. The lowest BCUT2D eigenvalue weighted by Crippen LogP contribution is -2.38. The van der Waals surface area contributed by atoms with E-state index in [2.05, 4.69) is 10.00 Å². The first-order chi connectivity index (χ1) is 14.2. The second-order valence-electron chi connectivity index (χ2n) is 7.05. The van der Waals surface area contributed by atoms with Crippen molar-refractivity contribution in [1.29, 1.82) is 0 Å². The van der Waals surface area contributed by atoms with Crippen LogP contribution in [-0.4, -0.2) is 56.5 Å². The number of ether oxygens (including phenoxy) is 1. The molecule has 0 unspecified atom stereocenters. The summed E-state index contributed by atoms with van der Waals surface area (Å²) in [6.45, 7) is 4.06. The molecule has 3 aromatic rings. The first-order valence-corrected chi connectivity index (χ1v) is 10.7. The summed E-state index contributed by atoms with van der Waals surface area (Å²) < 4.78 is 6.95. The number of hydrogen-bond donors (Lipinski definition) is 1. The number of esters is 1. The van der Waals surface area contributed by atoms with Crippen LogP contribution < -0.4 is 0 Å². The number of benzene rings is 1. The van der Waals surface area contributed by atoms with E-state index in [0.29, 0.717) is 30.4 Å². The van der Waals surface area contributed by atoms with Crippen LogP contribution in [0.25, 0.3) is 16.4 Å². The molecule has 0 amide bonds. The molecular formula is C21H24N4O3S. The van der Waals surface area contributed by atoms with Crippen LogP contribution in [0.3, 0.4) is 0 Å². The molecule has 1 N–H and O–H groups in total. The highest BCUT2D eigenvalue weighted by Crippen LogP contribution is 2.26. The Bertz CT molecular complexity index is 969. The Labute approximate surface area is 173 Å². The lowest BCUT2D eigenvalue weighted by Gasteiger charge is -2.30. The van der Waals surface area contributed by atoms with Crippen LogP contribution in [0.1, 0.15) is 35.8 Å². The standard InChI is InChI=1S/C21H24N4O3S/c1-2-28-20(27)17-11-22-25(19(17)13-24-10-6-9-16(26)12-24)21-23-18(14-29-21)15-7-4-3-5-8-15/h3-5,7-8,11,14,16,26H,2,6,9-10,12-13H2,1H3/t16-/m0/s1. The molecule has 0 aliphatic carbocycles. The Morgan fingerprint density at radius 3 is 2.93 bits per heavy atom. The molecule has 0 bridgehead atoms. The van der Waals surface area contributed by atoms with Crippen molar-refractivity contribution in [3.05, 3.63) is 53.2 Å². The Morgan fingerprint density at radius 1 is 1.34 bits per heavy atom. The SMILES string of the molecule is CCOC(=O)c1cnn(-c2nc(-c3ccccc3)cs2)c1CN1CCC[C@H](O)C1. The first-order valence-electron chi connectivity index (χ1n) is 9.81. The lowest BCUT2D eigenvalue weighted by molar-refractivity contribution is 0.0517. The molecule has 3 heterocycles. The minimum absolute atomic E-state index is 0.307. The van der Waals surface area contributed by atoms with Crippen LogP contribution in [0.5, 0.6) is 0 Å². The monoisotopic (exact) mass is 412 g/mol. The van der Waals surface area contributed by atoms with Gasteiger partial charge in [0.05, 0.1) is 30.3 Å². The quantitative estimate of drug-likeness (QED) is 0.627. The first kappa shape index (κ1) is 19.8. The van der Waals surface area contributed by atoms with E-state index in [1.165, 1.54) is 11.3 Å². The van der Waals surface area contributed by atoms with E-state index in [9.17, 15) is 9.90 Å². The smallest absolute Gasteiger partial charge is 0.341 e. The average Bonchev–Trinajstić information content (AvgIpc) is 3.36. The fourth-order valence-electron chi connectivity index (χ4n) is 3.56. The zero-order valence-corrected chi connectivity index (χ0v) is 17.1. The molecule has 0 saturated carbocycles. The van der Waals surface area contributed by atoms with Crippen molar-refractivity contribution in [2.24, 2.45) is 0 Å². The van der Waals surface area contributed by atoms with Gasteiger partial charge in [-0.05, 0) is 26.3 Å². The summed E-state index contributed by atoms with van der Waals surface area (Å²) >= 11 is 1.48. The molecular weight excluding hydrogens is 388 g/mol. The van der Waals surface area contributed by atoms with Gasteiger partial charge in [0, 0.05) is 24.0 Å². The highest BCUT2D eigenvalue weighted by atomic mass is 32.1. The van der Waals surface area contributed by atoms with Crippen LogP contribution in [0.15, 0.2) is 41.9 Å².